The number of nitrogens with one attached hydrogen (secondary N) is 1. The third kappa shape index (κ3) is 4.32. The highest BCUT2D eigenvalue weighted by atomic mass is 32.2. The van der Waals surface area contributed by atoms with Crippen molar-refractivity contribution in [2.45, 2.75) is 37.1 Å². The zero-order chi connectivity index (χ0) is 21.0. The standard InChI is InChI=1S/C25H30N4S/c1-3-4-10-22-19(2)23(28-30-21-8-6-5-7-9-21)18-25(22)12-15-29(16-13-25)24-17-20(26)11-14-27-24/h3-11,14,17,23,28H,1,12-13,15-16,18H2,2H3,(H2,26,27)/b10-4-. The molecule has 1 atom stereocenters. The molecule has 1 aliphatic carbocycles. The number of aromatic nitrogens is 1. The van der Waals surface area contributed by atoms with Crippen LogP contribution in [-0.4, -0.2) is 24.1 Å². The third-order valence-corrected chi connectivity index (χ3v) is 7.30. The molecule has 156 valence electrons. The second-order valence-corrected chi connectivity index (χ2v) is 9.11. The molecule has 1 fully saturated rings. The van der Waals surface area contributed by atoms with Crippen molar-refractivity contribution in [3.05, 3.63) is 84.6 Å². The molecule has 30 heavy (non-hydrogen) atoms. The lowest BCUT2D eigenvalue weighted by Gasteiger charge is -2.41. The van der Waals surface area contributed by atoms with Crippen LogP contribution in [0.2, 0.25) is 0 Å². The molecule has 1 saturated heterocycles. The second kappa shape index (κ2) is 9.11. The number of hydrogen-bond acceptors (Lipinski definition) is 5. The summed E-state index contributed by atoms with van der Waals surface area (Å²) in [4.78, 5) is 8.14. The van der Waals surface area contributed by atoms with Crippen LogP contribution < -0.4 is 15.4 Å². The van der Waals surface area contributed by atoms with Crippen LogP contribution in [0.4, 0.5) is 11.5 Å². The maximum atomic E-state index is 5.97. The Morgan fingerprint density at radius 2 is 2.00 bits per heavy atom. The predicted molar refractivity (Wildman–Crippen MR) is 128 cm³/mol. The van der Waals surface area contributed by atoms with Gasteiger partial charge >= 0.3 is 0 Å². The number of allylic oxidation sites excluding steroid dienone is 4. The number of anilines is 2. The van der Waals surface area contributed by atoms with E-state index in [2.05, 4.69) is 70.6 Å². The monoisotopic (exact) mass is 418 g/mol. The van der Waals surface area contributed by atoms with Crippen LogP contribution in [0.3, 0.4) is 0 Å². The normalized spacial score (nSPS) is 21.0. The lowest BCUT2D eigenvalue weighted by molar-refractivity contribution is 0.266. The van der Waals surface area contributed by atoms with Gasteiger partial charge in [0.2, 0.25) is 0 Å². The summed E-state index contributed by atoms with van der Waals surface area (Å²) in [5.41, 5.74) is 9.88. The summed E-state index contributed by atoms with van der Waals surface area (Å²) in [6.07, 6.45) is 11.4. The summed E-state index contributed by atoms with van der Waals surface area (Å²) in [5.74, 6) is 0.987. The van der Waals surface area contributed by atoms with E-state index in [-0.39, 0.29) is 5.41 Å². The van der Waals surface area contributed by atoms with Crippen molar-refractivity contribution >= 4 is 23.5 Å². The molecule has 1 aromatic carbocycles. The lowest BCUT2D eigenvalue weighted by Crippen LogP contribution is -2.41. The first-order chi connectivity index (χ1) is 14.6. The molecule has 0 bridgehead atoms. The second-order valence-electron chi connectivity index (χ2n) is 8.20. The number of hydrogen-bond donors (Lipinski definition) is 2. The van der Waals surface area contributed by atoms with Gasteiger partial charge in [0.25, 0.3) is 0 Å². The maximum Gasteiger partial charge on any atom is 0.130 e. The quantitative estimate of drug-likeness (QED) is 0.487. The highest BCUT2D eigenvalue weighted by molar-refractivity contribution is 7.97. The number of nitrogens with two attached hydrogens (primary N) is 1. The molecule has 2 aliphatic rings. The molecule has 0 saturated carbocycles. The van der Waals surface area contributed by atoms with E-state index in [0.717, 1.165) is 43.9 Å². The molecule has 1 unspecified atom stereocenters. The van der Waals surface area contributed by atoms with Crippen molar-refractivity contribution in [2.75, 3.05) is 23.7 Å². The van der Waals surface area contributed by atoms with Crippen LogP contribution in [0.5, 0.6) is 0 Å². The molecular weight excluding hydrogens is 388 g/mol. The van der Waals surface area contributed by atoms with Crippen molar-refractivity contribution in [1.82, 2.24) is 9.71 Å². The summed E-state index contributed by atoms with van der Waals surface area (Å²) in [6.45, 7) is 8.15. The lowest BCUT2D eigenvalue weighted by atomic mass is 9.72. The van der Waals surface area contributed by atoms with Gasteiger partial charge in [0, 0.05) is 47.4 Å². The van der Waals surface area contributed by atoms with Gasteiger partial charge in [-0.05, 0) is 61.9 Å². The largest absolute Gasteiger partial charge is 0.399 e. The van der Waals surface area contributed by atoms with E-state index in [0.29, 0.717) is 6.04 Å². The first-order valence-corrected chi connectivity index (χ1v) is 11.4. The van der Waals surface area contributed by atoms with Crippen LogP contribution >= 0.6 is 11.9 Å². The maximum absolute atomic E-state index is 5.97. The highest BCUT2D eigenvalue weighted by Gasteiger charge is 2.45. The van der Waals surface area contributed by atoms with Crippen LogP contribution in [0, 0.1) is 5.41 Å². The average Bonchev–Trinajstić information content (AvgIpc) is 3.02. The van der Waals surface area contributed by atoms with Crippen molar-refractivity contribution in [2.24, 2.45) is 5.41 Å². The zero-order valence-corrected chi connectivity index (χ0v) is 18.4. The van der Waals surface area contributed by atoms with Crippen LogP contribution in [0.15, 0.2) is 89.5 Å². The number of rotatable bonds is 6. The first kappa shape index (κ1) is 20.8. The topological polar surface area (TPSA) is 54.2 Å². The molecule has 2 aromatic rings. The van der Waals surface area contributed by atoms with E-state index in [1.807, 2.05) is 18.2 Å². The molecule has 1 aliphatic heterocycles. The fourth-order valence-electron chi connectivity index (χ4n) is 4.73. The zero-order valence-electron chi connectivity index (χ0n) is 17.6. The number of pyridine rings is 1. The fraction of sp³-hybridized carbons (Fsp3) is 0.320. The van der Waals surface area contributed by atoms with Crippen molar-refractivity contribution in [1.29, 1.82) is 0 Å². The number of benzene rings is 1. The van der Waals surface area contributed by atoms with Gasteiger partial charge in [0.15, 0.2) is 0 Å². The molecule has 3 N–H and O–H groups in total. The smallest absolute Gasteiger partial charge is 0.130 e. The molecule has 5 heteroatoms. The third-order valence-electron chi connectivity index (χ3n) is 6.39. The fourth-order valence-corrected chi connectivity index (χ4v) is 5.57. The SMILES string of the molecule is C=C/C=C\C1=C(C)C(NSc2ccccc2)CC12CCN(c1cc(N)ccn1)CC2. The Morgan fingerprint density at radius 1 is 1.23 bits per heavy atom. The molecule has 0 amide bonds. The molecule has 4 rings (SSSR count). The summed E-state index contributed by atoms with van der Waals surface area (Å²) in [6, 6.07) is 14.7. The molecule has 4 nitrogen and oxygen atoms in total. The molecular formula is C25H30N4S. The van der Waals surface area contributed by atoms with Crippen LogP contribution in [-0.2, 0) is 0 Å². The van der Waals surface area contributed by atoms with E-state index in [9.17, 15) is 0 Å². The van der Waals surface area contributed by atoms with E-state index in [1.54, 1.807) is 18.1 Å². The van der Waals surface area contributed by atoms with Gasteiger partial charge in [-0.2, -0.15) is 0 Å². The minimum Gasteiger partial charge on any atom is -0.399 e. The minimum atomic E-state index is 0.204. The van der Waals surface area contributed by atoms with Crippen LogP contribution in [0.1, 0.15) is 26.2 Å². The summed E-state index contributed by atoms with van der Waals surface area (Å²) in [5, 5.41) is 0. The Hall–Kier alpha value is -2.50. The summed E-state index contributed by atoms with van der Waals surface area (Å²) in [7, 11) is 0. The molecule has 0 radical (unpaired) electrons. The van der Waals surface area contributed by atoms with E-state index in [1.165, 1.54) is 16.0 Å². The molecule has 1 spiro atoms. The average molecular weight is 419 g/mol. The van der Waals surface area contributed by atoms with Gasteiger partial charge in [0.1, 0.15) is 5.82 Å². The van der Waals surface area contributed by atoms with E-state index < -0.39 is 0 Å². The van der Waals surface area contributed by atoms with Crippen molar-refractivity contribution < 1.29 is 0 Å². The van der Waals surface area contributed by atoms with Gasteiger partial charge < -0.3 is 10.6 Å². The summed E-state index contributed by atoms with van der Waals surface area (Å²) < 4.78 is 3.73. The van der Waals surface area contributed by atoms with E-state index in [4.69, 9.17) is 5.73 Å². The Labute approximate surface area is 184 Å². The Kier molecular flexibility index (Phi) is 6.30. The van der Waals surface area contributed by atoms with Gasteiger partial charge in [-0.3, -0.25) is 4.72 Å². The number of nitrogens with zero attached hydrogens (tertiary/aromatic N) is 2. The first-order valence-electron chi connectivity index (χ1n) is 10.6. The Bertz CT molecular complexity index is 943. The minimum absolute atomic E-state index is 0.204. The molecule has 2 heterocycles. The predicted octanol–water partition coefficient (Wildman–Crippen LogP) is 5.38. The number of piperidine rings is 1. The molecule has 1 aromatic heterocycles. The Balaban J connectivity index is 1.50. The summed E-state index contributed by atoms with van der Waals surface area (Å²) >= 11 is 1.73. The number of nitrogen functional groups attached to an aromatic ring is 1. The van der Waals surface area contributed by atoms with Gasteiger partial charge in [0.05, 0.1) is 0 Å². The van der Waals surface area contributed by atoms with Crippen molar-refractivity contribution in [3.8, 4) is 0 Å². The van der Waals surface area contributed by atoms with Gasteiger partial charge in [-0.25, -0.2) is 4.98 Å². The van der Waals surface area contributed by atoms with Crippen molar-refractivity contribution in [3.63, 3.8) is 0 Å². The van der Waals surface area contributed by atoms with E-state index >= 15 is 0 Å². The Morgan fingerprint density at radius 3 is 2.70 bits per heavy atom. The van der Waals surface area contributed by atoms with Gasteiger partial charge in [-0.1, -0.05) is 48.6 Å². The van der Waals surface area contributed by atoms with Crippen LogP contribution in [0.25, 0.3) is 0 Å². The van der Waals surface area contributed by atoms with Gasteiger partial charge in [-0.15, -0.1) is 0 Å². The highest BCUT2D eigenvalue weighted by Crippen LogP contribution is 2.51.